The van der Waals surface area contributed by atoms with E-state index in [1.54, 1.807) is 13.8 Å². The molecule has 2 aliphatic rings. The molecule has 7 nitrogen and oxygen atoms in total. The van der Waals surface area contributed by atoms with Crippen LogP contribution in [0.4, 0.5) is 4.79 Å². The van der Waals surface area contributed by atoms with E-state index >= 15 is 0 Å². The predicted molar refractivity (Wildman–Crippen MR) is 66.3 cm³/mol. The van der Waals surface area contributed by atoms with Crippen molar-refractivity contribution in [1.82, 2.24) is 15.4 Å². The quantitative estimate of drug-likeness (QED) is 0.815. The molecule has 0 aromatic carbocycles. The van der Waals surface area contributed by atoms with E-state index in [1.807, 2.05) is 0 Å². The molecule has 4 amide bonds. The summed E-state index contributed by atoms with van der Waals surface area (Å²) in [6, 6.07) is -0.669. The van der Waals surface area contributed by atoms with Gasteiger partial charge in [-0.05, 0) is 26.7 Å². The smallest absolute Gasteiger partial charge is 0.331 e. The number of aromatic nitrogens is 1. The minimum atomic E-state index is -1.03. The second-order valence-electron chi connectivity index (χ2n) is 5.39. The van der Waals surface area contributed by atoms with E-state index in [4.69, 9.17) is 4.52 Å². The first kappa shape index (κ1) is 12.8. The third kappa shape index (κ3) is 1.59. The lowest BCUT2D eigenvalue weighted by atomic mass is 9.66. The number of nitrogens with one attached hydrogen (secondary N) is 1. The van der Waals surface area contributed by atoms with Crippen molar-refractivity contribution in [3.8, 4) is 0 Å². The predicted octanol–water partition coefficient (Wildman–Crippen LogP) is 1.04. The molecule has 3 rings (SSSR count). The van der Waals surface area contributed by atoms with Gasteiger partial charge in [-0.3, -0.25) is 19.8 Å². The zero-order chi connectivity index (χ0) is 14.5. The van der Waals surface area contributed by atoms with Gasteiger partial charge in [0.2, 0.25) is 11.8 Å². The topological polar surface area (TPSA) is 92.5 Å². The third-order valence-corrected chi connectivity index (χ3v) is 4.26. The molecular weight excluding hydrogens is 262 g/mol. The van der Waals surface area contributed by atoms with Crippen molar-refractivity contribution in [2.45, 2.75) is 39.7 Å². The van der Waals surface area contributed by atoms with Gasteiger partial charge in [-0.1, -0.05) is 11.6 Å². The fourth-order valence-corrected chi connectivity index (χ4v) is 2.73. The van der Waals surface area contributed by atoms with Crippen LogP contribution in [-0.4, -0.2) is 27.9 Å². The van der Waals surface area contributed by atoms with Crippen molar-refractivity contribution in [2.75, 3.05) is 0 Å². The Morgan fingerprint density at radius 2 is 2.00 bits per heavy atom. The van der Waals surface area contributed by atoms with Crippen LogP contribution < -0.4 is 5.32 Å². The first-order valence-electron chi connectivity index (χ1n) is 6.55. The minimum absolute atomic E-state index is 0.0842. The van der Waals surface area contributed by atoms with Gasteiger partial charge >= 0.3 is 6.03 Å². The average molecular weight is 277 g/mol. The summed E-state index contributed by atoms with van der Waals surface area (Å²) in [5.41, 5.74) is 0.312. The number of amides is 4. The normalized spacial score (nSPS) is 21.1. The monoisotopic (exact) mass is 277 g/mol. The van der Waals surface area contributed by atoms with Crippen LogP contribution in [0.2, 0.25) is 0 Å². The van der Waals surface area contributed by atoms with E-state index in [1.165, 1.54) is 0 Å². The summed E-state index contributed by atoms with van der Waals surface area (Å²) in [4.78, 5) is 37.4. The minimum Gasteiger partial charge on any atom is -0.361 e. The van der Waals surface area contributed by atoms with Gasteiger partial charge < -0.3 is 4.52 Å². The summed E-state index contributed by atoms with van der Waals surface area (Å²) in [5, 5.41) is 6.09. The molecule has 1 saturated carbocycles. The van der Waals surface area contributed by atoms with Crippen LogP contribution in [0.15, 0.2) is 4.52 Å². The lowest BCUT2D eigenvalue weighted by Crippen LogP contribution is -2.65. The maximum absolute atomic E-state index is 12.5. The van der Waals surface area contributed by atoms with Crippen molar-refractivity contribution >= 4 is 17.8 Å². The Balaban J connectivity index is 1.91. The highest BCUT2D eigenvalue weighted by molar-refractivity contribution is 6.19. The van der Waals surface area contributed by atoms with Gasteiger partial charge in [0.05, 0.1) is 12.2 Å². The van der Waals surface area contributed by atoms with Gasteiger partial charge in [0.15, 0.2) is 0 Å². The summed E-state index contributed by atoms with van der Waals surface area (Å²) in [6.45, 7) is 3.56. The zero-order valence-electron chi connectivity index (χ0n) is 11.4. The van der Waals surface area contributed by atoms with E-state index < -0.39 is 23.3 Å². The average Bonchev–Trinajstić information content (AvgIpc) is 2.63. The van der Waals surface area contributed by atoms with E-state index in [0.717, 1.165) is 11.3 Å². The van der Waals surface area contributed by atoms with Crippen molar-refractivity contribution in [2.24, 2.45) is 5.41 Å². The van der Waals surface area contributed by atoms with Crippen LogP contribution in [0.5, 0.6) is 0 Å². The fraction of sp³-hybridized carbons (Fsp3) is 0.538. The molecule has 0 atom stereocenters. The molecule has 1 spiro atoms. The molecule has 1 aliphatic heterocycles. The lowest BCUT2D eigenvalue weighted by molar-refractivity contribution is -0.158. The van der Waals surface area contributed by atoms with E-state index in [0.29, 0.717) is 29.9 Å². The summed E-state index contributed by atoms with van der Waals surface area (Å²) in [6.07, 6.45) is 1.83. The number of barbiturate groups is 1. The number of urea groups is 1. The number of imide groups is 2. The standard InChI is InChI=1S/C13H15N3O4/c1-7-9(8(2)20-15-7)6-16-11(18)13(4-3-5-13)10(17)14-12(16)19/h3-6H2,1-2H3,(H,14,17,19). The molecule has 1 aromatic rings. The van der Waals surface area contributed by atoms with Crippen molar-refractivity contribution in [3.05, 3.63) is 17.0 Å². The summed E-state index contributed by atoms with van der Waals surface area (Å²) < 4.78 is 5.03. The molecule has 2 fully saturated rings. The van der Waals surface area contributed by atoms with Crippen LogP contribution in [0.3, 0.4) is 0 Å². The van der Waals surface area contributed by atoms with Crippen LogP contribution in [-0.2, 0) is 16.1 Å². The first-order chi connectivity index (χ1) is 9.45. The second-order valence-corrected chi connectivity index (χ2v) is 5.39. The maximum atomic E-state index is 12.5. The van der Waals surface area contributed by atoms with Crippen LogP contribution in [0.1, 0.15) is 36.3 Å². The van der Waals surface area contributed by atoms with Crippen LogP contribution >= 0.6 is 0 Å². The molecule has 106 valence electrons. The molecule has 7 heteroatoms. The van der Waals surface area contributed by atoms with Gasteiger partial charge in [-0.2, -0.15) is 0 Å². The fourth-order valence-electron chi connectivity index (χ4n) is 2.73. The van der Waals surface area contributed by atoms with E-state index in [2.05, 4.69) is 10.5 Å². The Morgan fingerprint density at radius 1 is 1.30 bits per heavy atom. The molecule has 1 saturated heterocycles. The number of aryl methyl sites for hydroxylation is 2. The number of rotatable bonds is 2. The largest absolute Gasteiger partial charge is 0.361 e. The molecule has 1 aromatic heterocycles. The van der Waals surface area contributed by atoms with E-state index in [-0.39, 0.29) is 6.54 Å². The number of carbonyl (C=O) groups is 3. The molecule has 1 aliphatic carbocycles. The van der Waals surface area contributed by atoms with Crippen molar-refractivity contribution in [3.63, 3.8) is 0 Å². The van der Waals surface area contributed by atoms with Gasteiger partial charge in [0.25, 0.3) is 0 Å². The number of hydrogen-bond donors (Lipinski definition) is 1. The zero-order valence-corrected chi connectivity index (χ0v) is 11.4. The molecule has 2 heterocycles. The van der Waals surface area contributed by atoms with Gasteiger partial charge in [0.1, 0.15) is 11.2 Å². The Bertz CT molecular complexity index is 596. The summed E-state index contributed by atoms with van der Waals surface area (Å²) in [7, 11) is 0. The highest BCUT2D eigenvalue weighted by Gasteiger charge is 2.57. The van der Waals surface area contributed by atoms with Crippen molar-refractivity contribution < 1.29 is 18.9 Å². The number of hydrogen-bond acceptors (Lipinski definition) is 5. The van der Waals surface area contributed by atoms with Gasteiger partial charge in [-0.25, -0.2) is 4.79 Å². The van der Waals surface area contributed by atoms with Gasteiger partial charge in [0, 0.05) is 5.56 Å². The molecule has 1 N–H and O–H groups in total. The lowest BCUT2D eigenvalue weighted by Gasteiger charge is -2.44. The number of carbonyl (C=O) groups excluding carboxylic acids is 3. The highest BCUT2D eigenvalue weighted by Crippen LogP contribution is 2.44. The molecule has 0 radical (unpaired) electrons. The van der Waals surface area contributed by atoms with E-state index in [9.17, 15) is 14.4 Å². The Hall–Kier alpha value is -2.18. The Kier molecular flexibility index (Phi) is 2.67. The first-order valence-corrected chi connectivity index (χ1v) is 6.55. The molecule has 20 heavy (non-hydrogen) atoms. The summed E-state index contributed by atoms with van der Waals surface area (Å²) in [5.74, 6) is -0.297. The van der Waals surface area contributed by atoms with Gasteiger partial charge in [-0.15, -0.1) is 0 Å². The maximum Gasteiger partial charge on any atom is 0.331 e. The summed E-state index contributed by atoms with van der Waals surface area (Å²) >= 11 is 0. The van der Waals surface area contributed by atoms with Crippen molar-refractivity contribution in [1.29, 1.82) is 0 Å². The Morgan fingerprint density at radius 3 is 2.50 bits per heavy atom. The molecule has 0 unspecified atom stereocenters. The highest BCUT2D eigenvalue weighted by atomic mass is 16.5. The SMILES string of the molecule is Cc1noc(C)c1CN1C(=O)NC(=O)C2(CCC2)C1=O. The van der Waals surface area contributed by atoms with Crippen LogP contribution in [0.25, 0.3) is 0 Å². The third-order valence-electron chi connectivity index (χ3n) is 4.26. The second kappa shape index (κ2) is 4.16. The molecule has 0 bridgehead atoms. The molecular formula is C13H15N3O4. The number of nitrogens with zero attached hydrogens (tertiary/aromatic N) is 2. The van der Waals surface area contributed by atoms with Crippen LogP contribution in [0, 0.1) is 19.3 Å². The Labute approximate surface area is 115 Å².